The average molecular weight is 320 g/mol. The van der Waals surface area contributed by atoms with Crippen LogP contribution >= 0.6 is 15.9 Å². The molecule has 0 unspecified atom stereocenters. The van der Waals surface area contributed by atoms with Crippen LogP contribution in [0.4, 0.5) is 23.3 Å². The highest BCUT2D eigenvalue weighted by Gasteiger charge is 2.05. The first kappa shape index (κ1) is 13.1. The topological polar surface area (TPSA) is 126 Å². The Morgan fingerprint density at radius 2 is 1.95 bits per heavy atom. The van der Waals surface area contributed by atoms with Crippen molar-refractivity contribution < 1.29 is 0 Å². The fraction of sp³-hybridized carbons (Fsp3) is 0. The first-order valence-electron chi connectivity index (χ1n) is 5.20. The number of hydrogen-bond donors (Lipinski definition) is 4. The van der Waals surface area contributed by atoms with Crippen LogP contribution in [-0.2, 0) is 0 Å². The predicted molar refractivity (Wildman–Crippen MR) is 76.4 cm³/mol. The van der Waals surface area contributed by atoms with Gasteiger partial charge in [-0.1, -0.05) is 0 Å². The minimum absolute atomic E-state index is 0.0997. The lowest BCUT2D eigenvalue weighted by molar-refractivity contribution is 1.15. The number of hydrazine groups is 1. The summed E-state index contributed by atoms with van der Waals surface area (Å²) >= 11 is 3.37. The molecule has 1 aromatic heterocycles. The molecule has 1 aromatic carbocycles. The van der Waals surface area contributed by atoms with E-state index in [1.807, 2.05) is 0 Å². The third-order valence-electron chi connectivity index (χ3n) is 2.25. The maximum absolute atomic E-state index is 8.80. The number of anilines is 4. The first-order valence-corrected chi connectivity index (χ1v) is 5.99. The van der Waals surface area contributed by atoms with E-state index >= 15 is 0 Å². The number of nitrogens with two attached hydrogens (primary N) is 2. The summed E-state index contributed by atoms with van der Waals surface area (Å²) in [4.78, 5) is 7.91. The Hall–Kier alpha value is -2.37. The molecule has 7 nitrogen and oxygen atoms in total. The summed E-state index contributed by atoms with van der Waals surface area (Å²) in [6.45, 7) is 0. The van der Waals surface area contributed by atoms with Gasteiger partial charge in [0, 0.05) is 10.5 Å². The highest BCUT2D eigenvalue weighted by atomic mass is 79.9. The van der Waals surface area contributed by atoms with Gasteiger partial charge in [-0.2, -0.15) is 15.2 Å². The summed E-state index contributed by atoms with van der Waals surface area (Å²) < 4.78 is 0.742. The van der Waals surface area contributed by atoms with Gasteiger partial charge in [0.1, 0.15) is 11.6 Å². The molecule has 0 saturated carbocycles. The molecule has 8 heteroatoms. The summed E-state index contributed by atoms with van der Waals surface area (Å²) in [6.07, 6.45) is 0. The number of rotatable bonds is 3. The van der Waals surface area contributed by atoms with E-state index in [0.717, 1.165) is 10.2 Å². The molecule has 0 fully saturated rings. The van der Waals surface area contributed by atoms with Gasteiger partial charge in [0.05, 0.1) is 17.3 Å². The molecule has 0 bridgehead atoms. The Morgan fingerprint density at radius 3 is 2.58 bits per heavy atom. The van der Waals surface area contributed by atoms with Gasteiger partial charge in [-0.3, -0.25) is 0 Å². The number of nitrogens with zero attached hydrogens (tertiary/aromatic N) is 3. The molecular formula is C11H10BrN7. The zero-order chi connectivity index (χ0) is 13.8. The van der Waals surface area contributed by atoms with E-state index in [0.29, 0.717) is 17.2 Å². The molecule has 0 saturated heterocycles. The Bertz CT molecular complexity index is 650. The van der Waals surface area contributed by atoms with Gasteiger partial charge >= 0.3 is 0 Å². The van der Waals surface area contributed by atoms with E-state index < -0.39 is 0 Å². The Morgan fingerprint density at radius 1 is 1.21 bits per heavy atom. The fourth-order valence-corrected chi connectivity index (χ4v) is 1.91. The first-order chi connectivity index (χ1) is 9.12. The molecule has 2 aromatic rings. The van der Waals surface area contributed by atoms with Crippen molar-refractivity contribution in [2.24, 2.45) is 5.84 Å². The molecule has 0 aliphatic heterocycles. The predicted octanol–water partition coefficient (Wildman–Crippen LogP) is 1.72. The zero-order valence-electron chi connectivity index (χ0n) is 9.68. The highest BCUT2D eigenvalue weighted by molar-refractivity contribution is 9.10. The van der Waals surface area contributed by atoms with Gasteiger partial charge in [0.2, 0.25) is 5.95 Å². The Kier molecular flexibility index (Phi) is 3.79. The van der Waals surface area contributed by atoms with Gasteiger partial charge in [-0.15, -0.1) is 0 Å². The van der Waals surface area contributed by atoms with E-state index in [-0.39, 0.29) is 5.95 Å². The van der Waals surface area contributed by atoms with Crippen molar-refractivity contribution in [3.05, 3.63) is 34.3 Å². The maximum atomic E-state index is 8.80. The molecule has 1 heterocycles. The second-order valence-electron chi connectivity index (χ2n) is 3.57. The standard InChI is InChI=1S/C11H10BrN7/c12-7-3-6(5-13)1-2-8(7)16-9-4-10(19-15)18-11(14)17-9/h1-4H,15H2,(H4,14,16,17,18,19). The lowest BCUT2D eigenvalue weighted by atomic mass is 10.2. The number of benzene rings is 1. The summed E-state index contributed by atoms with van der Waals surface area (Å²) in [7, 11) is 0. The van der Waals surface area contributed by atoms with Crippen LogP contribution < -0.4 is 22.3 Å². The largest absolute Gasteiger partial charge is 0.368 e. The summed E-state index contributed by atoms with van der Waals surface area (Å²) in [5.41, 5.74) is 9.27. The van der Waals surface area contributed by atoms with Crippen molar-refractivity contribution in [3.8, 4) is 6.07 Å². The Balaban J connectivity index is 2.31. The minimum atomic E-state index is 0.0997. The molecule has 0 atom stereocenters. The van der Waals surface area contributed by atoms with Crippen molar-refractivity contribution in [2.75, 3.05) is 16.5 Å². The summed E-state index contributed by atoms with van der Waals surface area (Å²) in [5, 5.41) is 11.9. The van der Waals surface area contributed by atoms with E-state index in [4.69, 9.17) is 16.8 Å². The molecule has 2 rings (SSSR count). The van der Waals surface area contributed by atoms with Gasteiger partial charge in [0.15, 0.2) is 0 Å². The lowest BCUT2D eigenvalue weighted by Crippen LogP contribution is -2.11. The summed E-state index contributed by atoms with van der Waals surface area (Å²) in [5.74, 6) is 6.27. The fourth-order valence-electron chi connectivity index (χ4n) is 1.43. The molecule has 0 aliphatic rings. The molecule has 0 spiro atoms. The van der Waals surface area contributed by atoms with E-state index in [1.165, 1.54) is 0 Å². The van der Waals surface area contributed by atoms with Gasteiger partial charge in [0.25, 0.3) is 0 Å². The van der Waals surface area contributed by atoms with E-state index in [9.17, 15) is 0 Å². The van der Waals surface area contributed by atoms with Crippen LogP contribution in [0.1, 0.15) is 5.56 Å². The Labute approximate surface area is 117 Å². The van der Waals surface area contributed by atoms with Crippen LogP contribution in [0.5, 0.6) is 0 Å². The average Bonchev–Trinajstić information content (AvgIpc) is 2.40. The van der Waals surface area contributed by atoms with Crippen LogP contribution in [0.25, 0.3) is 0 Å². The molecule has 6 N–H and O–H groups in total. The van der Waals surface area contributed by atoms with Gasteiger partial charge in [-0.25, -0.2) is 5.84 Å². The number of halogens is 1. The van der Waals surface area contributed by atoms with Crippen LogP contribution in [0.15, 0.2) is 28.7 Å². The second kappa shape index (κ2) is 5.51. The van der Waals surface area contributed by atoms with Crippen molar-refractivity contribution in [1.29, 1.82) is 5.26 Å². The van der Waals surface area contributed by atoms with Crippen LogP contribution in [0.2, 0.25) is 0 Å². The van der Waals surface area contributed by atoms with E-state index in [1.54, 1.807) is 24.3 Å². The normalized spacial score (nSPS) is 9.74. The van der Waals surface area contributed by atoms with Gasteiger partial charge in [-0.05, 0) is 34.1 Å². The summed E-state index contributed by atoms with van der Waals surface area (Å²) in [6, 6.07) is 8.83. The monoisotopic (exact) mass is 319 g/mol. The smallest absolute Gasteiger partial charge is 0.223 e. The molecular weight excluding hydrogens is 310 g/mol. The molecule has 0 radical (unpaired) electrons. The zero-order valence-corrected chi connectivity index (χ0v) is 11.3. The molecule has 19 heavy (non-hydrogen) atoms. The van der Waals surface area contributed by atoms with Crippen LogP contribution in [-0.4, -0.2) is 9.97 Å². The molecule has 96 valence electrons. The number of nitrogen functional groups attached to an aromatic ring is 2. The highest BCUT2D eigenvalue weighted by Crippen LogP contribution is 2.26. The van der Waals surface area contributed by atoms with Crippen molar-refractivity contribution in [1.82, 2.24) is 9.97 Å². The SMILES string of the molecule is N#Cc1ccc(Nc2cc(NN)nc(N)n2)c(Br)c1. The van der Waals surface area contributed by atoms with Crippen molar-refractivity contribution in [3.63, 3.8) is 0 Å². The maximum Gasteiger partial charge on any atom is 0.223 e. The quantitative estimate of drug-likeness (QED) is 0.501. The third kappa shape index (κ3) is 3.09. The number of nitriles is 1. The van der Waals surface area contributed by atoms with Gasteiger partial charge < -0.3 is 16.5 Å². The lowest BCUT2D eigenvalue weighted by Gasteiger charge is -2.09. The number of hydrogen-bond acceptors (Lipinski definition) is 7. The number of aromatic nitrogens is 2. The second-order valence-corrected chi connectivity index (χ2v) is 4.43. The van der Waals surface area contributed by atoms with Crippen LogP contribution in [0, 0.1) is 11.3 Å². The molecule has 0 aliphatic carbocycles. The number of nitrogens with one attached hydrogen (secondary N) is 2. The van der Waals surface area contributed by atoms with E-state index in [2.05, 4.69) is 42.7 Å². The van der Waals surface area contributed by atoms with Crippen LogP contribution in [0.3, 0.4) is 0 Å². The molecule has 0 amide bonds. The van der Waals surface area contributed by atoms with Crippen molar-refractivity contribution in [2.45, 2.75) is 0 Å². The minimum Gasteiger partial charge on any atom is -0.368 e. The van der Waals surface area contributed by atoms with Crippen molar-refractivity contribution >= 4 is 39.2 Å². The third-order valence-corrected chi connectivity index (χ3v) is 2.91.